The van der Waals surface area contributed by atoms with E-state index in [1.165, 1.54) is 0 Å². The van der Waals surface area contributed by atoms with Crippen molar-refractivity contribution >= 4 is 24.6 Å². The van der Waals surface area contributed by atoms with Crippen molar-refractivity contribution in [2.75, 3.05) is 5.94 Å². The number of rotatable bonds is 1. The minimum absolute atomic E-state index is 0. The van der Waals surface area contributed by atoms with Crippen LogP contribution in [0.15, 0.2) is 0 Å². The predicted molar refractivity (Wildman–Crippen MR) is 24.8 cm³/mol. The number of aliphatic hydroxyl groups excluding tert-OH is 1. The fourth-order valence-electron chi connectivity index (χ4n) is 0. The first kappa shape index (κ1) is 22.4. The Bertz CT molecular complexity index is 50.5. The largest absolute Gasteiger partial charge is 1.00 e. The van der Waals surface area contributed by atoms with E-state index in [-0.39, 0.29) is 72.6 Å². The molecule has 0 saturated carbocycles. The quantitative estimate of drug-likeness (QED) is 0.186. The van der Waals surface area contributed by atoms with Crippen LogP contribution in [0.2, 0.25) is 0 Å². The maximum atomic E-state index is 9.12. The van der Waals surface area contributed by atoms with Gasteiger partial charge in [0.2, 0.25) is 0 Å². The van der Waals surface area contributed by atoms with Crippen LogP contribution in [-0.2, 0) is 24.6 Å². The molecule has 0 aromatic heterocycles. The Morgan fingerprint density at radius 2 is 1.62 bits per heavy atom. The Morgan fingerprint density at radius 3 is 1.62 bits per heavy atom. The van der Waals surface area contributed by atoms with E-state index in [0.29, 0.717) is 0 Å². The molecule has 1 N–H and O–H groups in total. The summed E-state index contributed by atoms with van der Waals surface area (Å²) in [5.41, 5.74) is 0. The van der Waals surface area contributed by atoms with Gasteiger partial charge in [-0.05, 0) is 11.1 Å². The van der Waals surface area contributed by atoms with Gasteiger partial charge in [-0.2, -0.15) is 0 Å². The molecule has 0 heterocycles. The third-order valence-corrected chi connectivity index (χ3v) is 0.316. The molecule has 3 nitrogen and oxygen atoms in total. The van der Waals surface area contributed by atoms with Gasteiger partial charge in [0.25, 0.3) is 0 Å². The summed E-state index contributed by atoms with van der Waals surface area (Å²) in [4.78, 5) is 0. The second-order valence-corrected chi connectivity index (χ2v) is 1.30. The summed E-state index contributed by atoms with van der Waals surface area (Å²) < 4.78 is 18.2. The molecule has 0 radical (unpaired) electrons. The molecule has 7 heteroatoms. The molecule has 0 aromatic carbocycles. The van der Waals surface area contributed by atoms with Crippen molar-refractivity contribution in [2.45, 2.75) is 0 Å². The van der Waals surface area contributed by atoms with Crippen molar-refractivity contribution in [2.24, 2.45) is 0 Å². The molecular formula is CH4Na2O3S2. The second kappa shape index (κ2) is 16.2. The second-order valence-electron chi connectivity index (χ2n) is 0.433. The van der Waals surface area contributed by atoms with Crippen molar-refractivity contribution < 1.29 is 73.0 Å². The van der Waals surface area contributed by atoms with E-state index in [4.69, 9.17) is 13.9 Å². The normalized spacial score (nSPS) is 9.25. The van der Waals surface area contributed by atoms with Crippen LogP contribution in [0.4, 0.5) is 0 Å². The molecule has 0 saturated heterocycles. The summed E-state index contributed by atoms with van der Waals surface area (Å²) in [6.07, 6.45) is 0. The maximum absolute atomic E-state index is 9.12. The summed E-state index contributed by atoms with van der Waals surface area (Å²) in [6, 6.07) is 0. The SMILES string of the molecule is O=S([O-])CO.[Na+].[Na+].[SH-]. The predicted octanol–water partition coefficient (Wildman–Crippen LogP) is -7.45. The Morgan fingerprint density at radius 1 is 1.50 bits per heavy atom. The zero-order chi connectivity index (χ0) is 4.28. The van der Waals surface area contributed by atoms with Crippen molar-refractivity contribution in [3.8, 4) is 0 Å². The molecule has 0 amide bonds. The van der Waals surface area contributed by atoms with Gasteiger partial charge in [-0.1, -0.05) is 0 Å². The fraction of sp³-hybridized carbons (Fsp3) is 1.00. The summed E-state index contributed by atoms with van der Waals surface area (Å²) in [6.45, 7) is 0. The third kappa shape index (κ3) is 23.7. The molecule has 0 aromatic rings. The van der Waals surface area contributed by atoms with Crippen LogP contribution in [0.3, 0.4) is 0 Å². The van der Waals surface area contributed by atoms with Gasteiger partial charge >= 0.3 is 59.1 Å². The van der Waals surface area contributed by atoms with Crippen molar-refractivity contribution in [1.29, 1.82) is 0 Å². The topological polar surface area (TPSA) is 60.4 Å². The minimum Gasteiger partial charge on any atom is -0.813 e. The van der Waals surface area contributed by atoms with Gasteiger partial charge in [-0.15, -0.1) is 0 Å². The molecule has 1 atom stereocenters. The van der Waals surface area contributed by atoms with Gasteiger partial charge in [0.05, 0.1) is 0 Å². The number of aliphatic hydroxyl groups is 1. The van der Waals surface area contributed by atoms with Crippen molar-refractivity contribution in [3.05, 3.63) is 0 Å². The van der Waals surface area contributed by atoms with Crippen LogP contribution in [0.1, 0.15) is 0 Å². The molecule has 0 fully saturated rings. The monoisotopic (exact) mass is 174 g/mol. The molecule has 1 unspecified atom stereocenters. The average Bonchev–Trinajstić information content (AvgIpc) is 1.38. The molecule has 0 aliphatic rings. The summed E-state index contributed by atoms with van der Waals surface area (Å²) in [7, 11) is 0. The van der Waals surface area contributed by atoms with Crippen molar-refractivity contribution in [3.63, 3.8) is 0 Å². The Hall–Kier alpha value is 2.42. The van der Waals surface area contributed by atoms with Gasteiger partial charge < -0.3 is 23.2 Å². The first-order valence-electron chi connectivity index (χ1n) is 0.938. The Balaban J connectivity index is -0.0000000267. The maximum Gasteiger partial charge on any atom is 1.00 e. The number of hydrogen-bond acceptors (Lipinski definition) is 4. The van der Waals surface area contributed by atoms with E-state index in [0.717, 1.165) is 0 Å². The van der Waals surface area contributed by atoms with Gasteiger partial charge in [0.1, 0.15) is 5.94 Å². The first-order valence-corrected chi connectivity index (χ1v) is 2.18. The molecule has 40 valence electrons. The zero-order valence-corrected chi connectivity index (χ0v) is 10.5. The van der Waals surface area contributed by atoms with E-state index in [1.54, 1.807) is 0 Å². The fourth-order valence-corrected chi connectivity index (χ4v) is 0. The average molecular weight is 174 g/mol. The Labute approximate surface area is 102 Å². The van der Waals surface area contributed by atoms with E-state index in [1.807, 2.05) is 0 Å². The smallest absolute Gasteiger partial charge is 0.813 e. The molecule has 0 aliphatic carbocycles. The van der Waals surface area contributed by atoms with Gasteiger partial charge in [-0.3, -0.25) is 4.21 Å². The summed E-state index contributed by atoms with van der Waals surface area (Å²) in [5.74, 6) is -0.778. The standard InChI is InChI=1S/CH4O3S.2Na.H2S/c2-1-5(3)4;;;/h2H,1H2,(H,3,4);;;1H2/q;2*+1;/p-2. The number of hydrogen-bond donors (Lipinski definition) is 1. The minimum atomic E-state index is -2.27. The van der Waals surface area contributed by atoms with Crippen molar-refractivity contribution in [1.82, 2.24) is 0 Å². The molecule has 0 rings (SSSR count). The molecule has 0 bridgehead atoms. The third-order valence-electron chi connectivity index (χ3n) is 0.105. The summed E-state index contributed by atoms with van der Waals surface area (Å²) >= 11 is -2.27. The van der Waals surface area contributed by atoms with E-state index < -0.39 is 17.0 Å². The molecule has 8 heavy (non-hydrogen) atoms. The van der Waals surface area contributed by atoms with E-state index in [9.17, 15) is 0 Å². The van der Waals surface area contributed by atoms with E-state index >= 15 is 0 Å². The van der Waals surface area contributed by atoms with Crippen LogP contribution in [0.5, 0.6) is 0 Å². The first-order chi connectivity index (χ1) is 2.27. The Kier molecular flexibility index (Phi) is 45.4. The van der Waals surface area contributed by atoms with Gasteiger partial charge in [0, 0.05) is 0 Å². The number of thiol groups is 1. The molecular weight excluding hydrogens is 170 g/mol. The summed E-state index contributed by atoms with van der Waals surface area (Å²) in [5, 5.41) is 7.53. The zero-order valence-electron chi connectivity index (χ0n) is 4.83. The van der Waals surface area contributed by atoms with Crippen LogP contribution in [0, 0.1) is 0 Å². The van der Waals surface area contributed by atoms with Gasteiger partial charge in [0.15, 0.2) is 0 Å². The van der Waals surface area contributed by atoms with Gasteiger partial charge in [-0.25, -0.2) is 0 Å². The van der Waals surface area contributed by atoms with E-state index in [2.05, 4.69) is 0 Å². The van der Waals surface area contributed by atoms with Crippen LogP contribution in [-0.4, -0.2) is 19.8 Å². The molecule has 0 aliphatic heterocycles. The van der Waals surface area contributed by atoms with Crippen LogP contribution >= 0.6 is 0 Å². The van der Waals surface area contributed by atoms with Crippen LogP contribution < -0.4 is 59.1 Å². The molecule has 0 spiro atoms. The van der Waals surface area contributed by atoms with Crippen LogP contribution in [0.25, 0.3) is 0 Å².